The number of ketones is 1. The predicted octanol–water partition coefficient (Wildman–Crippen LogP) is 4.48. The van der Waals surface area contributed by atoms with Crippen LogP contribution >= 0.6 is 23.2 Å². The molecule has 0 bridgehead atoms. The zero-order valence-electron chi connectivity index (χ0n) is 10.7. The van der Waals surface area contributed by atoms with Gasteiger partial charge in [-0.05, 0) is 29.3 Å². The van der Waals surface area contributed by atoms with Gasteiger partial charge in [0.2, 0.25) is 0 Å². The van der Waals surface area contributed by atoms with Gasteiger partial charge in [-0.2, -0.15) is 0 Å². The van der Waals surface area contributed by atoms with Crippen molar-refractivity contribution in [3.8, 4) is 11.1 Å². The Kier molecular flexibility index (Phi) is 4.78. The lowest BCUT2D eigenvalue weighted by Gasteiger charge is -2.04. The van der Waals surface area contributed by atoms with Crippen molar-refractivity contribution >= 4 is 35.0 Å². The lowest BCUT2D eigenvalue weighted by molar-refractivity contribution is -0.131. The maximum atomic E-state index is 11.7. The standard InChI is InChI=1S/C16H10Cl2O3/c17-13-6-5-12(9-14(13)18)10-1-3-11(4-2-10)15(19)7-8-16(20)21/h1-9H,(H,20,21). The number of carboxylic acid groups (broad SMARTS) is 1. The fourth-order valence-electron chi connectivity index (χ4n) is 1.75. The number of hydrogen-bond donors (Lipinski definition) is 1. The Labute approximate surface area is 131 Å². The Bertz CT molecular complexity index is 719. The fourth-order valence-corrected chi connectivity index (χ4v) is 2.04. The van der Waals surface area contributed by atoms with Crippen LogP contribution in [0.4, 0.5) is 0 Å². The molecule has 3 nitrogen and oxygen atoms in total. The van der Waals surface area contributed by atoms with E-state index in [0.717, 1.165) is 23.3 Å². The second-order valence-electron chi connectivity index (χ2n) is 4.24. The molecule has 0 heterocycles. The van der Waals surface area contributed by atoms with E-state index in [1.807, 2.05) is 6.07 Å². The molecular formula is C16H10Cl2O3. The smallest absolute Gasteiger partial charge is 0.328 e. The average molecular weight is 321 g/mol. The molecule has 5 heteroatoms. The summed E-state index contributed by atoms with van der Waals surface area (Å²) in [6, 6.07) is 12.1. The van der Waals surface area contributed by atoms with Gasteiger partial charge in [-0.25, -0.2) is 4.79 Å². The Balaban J connectivity index is 2.24. The number of carbonyl (C=O) groups excluding carboxylic acids is 1. The van der Waals surface area contributed by atoms with Crippen LogP contribution < -0.4 is 0 Å². The summed E-state index contributed by atoms with van der Waals surface area (Å²) in [4.78, 5) is 22.1. The molecule has 0 aliphatic rings. The quantitative estimate of drug-likeness (QED) is 0.667. The van der Waals surface area contributed by atoms with E-state index in [2.05, 4.69) is 0 Å². The van der Waals surface area contributed by atoms with Gasteiger partial charge in [-0.1, -0.05) is 53.5 Å². The van der Waals surface area contributed by atoms with Crippen LogP contribution in [0.1, 0.15) is 10.4 Å². The molecule has 2 rings (SSSR count). The summed E-state index contributed by atoms with van der Waals surface area (Å²) in [5.74, 6) is -1.52. The lowest BCUT2D eigenvalue weighted by atomic mass is 10.0. The van der Waals surface area contributed by atoms with Crippen LogP contribution in [0.25, 0.3) is 11.1 Å². The summed E-state index contributed by atoms with van der Waals surface area (Å²) in [6.45, 7) is 0. The van der Waals surface area contributed by atoms with Gasteiger partial charge in [0.25, 0.3) is 0 Å². The molecule has 0 radical (unpaired) electrons. The van der Waals surface area contributed by atoms with Crippen LogP contribution in [0, 0.1) is 0 Å². The Morgan fingerprint density at radius 1 is 0.857 bits per heavy atom. The predicted molar refractivity (Wildman–Crippen MR) is 83.0 cm³/mol. The highest BCUT2D eigenvalue weighted by Crippen LogP contribution is 2.28. The zero-order valence-corrected chi connectivity index (χ0v) is 12.2. The first-order valence-electron chi connectivity index (χ1n) is 5.98. The van der Waals surface area contributed by atoms with E-state index in [9.17, 15) is 9.59 Å². The van der Waals surface area contributed by atoms with Crippen LogP contribution in [0.5, 0.6) is 0 Å². The van der Waals surface area contributed by atoms with Crippen molar-refractivity contribution in [1.82, 2.24) is 0 Å². The molecule has 0 aliphatic heterocycles. The summed E-state index contributed by atoms with van der Waals surface area (Å²) in [5.41, 5.74) is 2.17. The van der Waals surface area contributed by atoms with Gasteiger partial charge in [0.15, 0.2) is 5.78 Å². The van der Waals surface area contributed by atoms with E-state index >= 15 is 0 Å². The second-order valence-corrected chi connectivity index (χ2v) is 5.06. The maximum Gasteiger partial charge on any atom is 0.328 e. The molecule has 0 saturated carbocycles. The molecule has 0 unspecified atom stereocenters. The number of rotatable bonds is 4. The van der Waals surface area contributed by atoms with Gasteiger partial charge in [-0.15, -0.1) is 0 Å². The molecule has 0 saturated heterocycles. The largest absolute Gasteiger partial charge is 0.478 e. The number of allylic oxidation sites excluding steroid dienone is 1. The van der Waals surface area contributed by atoms with Crippen LogP contribution in [0.2, 0.25) is 10.0 Å². The van der Waals surface area contributed by atoms with Gasteiger partial charge < -0.3 is 5.11 Å². The van der Waals surface area contributed by atoms with Gasteiger partial charge in [0, 0.05) is 11.6 Å². The van der Waals surface area contributed by atoms with Gasteiger partial charge in [0.05, 0.1) is 10.0 Å². The van der Waals surface area contributed by atoms with Crippen LogP contribution in [-0.4, -0.2) is 16.9 Å². The molecule has 2 aromatic rings. The Hall–Kier alpha value is -2.10. The highest BCUT2D eigenvalue weighted by molar-refractivity contribution is 6.42. The molecule has 0 amide bonds. The number of benzene rings is 2. The molecular weight excluding hydrogens is 311 g/mol. The summed E-state index contributed by atoms with van der Waals surface area (Å²) in [6.07, 6.45) is 1.84. The van der Waals surface area contributed by atoms with Crippen LogP contribution in [0.3, 0.4) is 0 Å². The summed E-state index contributed by atoms with van der Waals surface area (Å²) >= 11 is 11.8. The van der Waals surface area contributed by atoms with Gasteiger partial charge in [0.1, 0.15) is 0 Å². The Morgan fingerprint density at radius 3 is 2.05 bits per heavy atom. The molecule has 0 atom stereocenters. The van der Waals surface area contributed by atoms with E-state index < -0.39 is 5.97 Å². The van der Waals surface area contributed by atoms with E-state index in [1.165, 1.54) is 0 Å². The molecule has 0 aliphatic carbocycles. The Morgan fingerprint density at radius 2 is 1.48 bits per heavy atom. The van der Waals surface area contributed by atoms with E-state index in [1.54, 1.807) is 36.4 Å². The van der Waals surface area contributed by atoms with Crippen molar-refractivity contribution in [2.75, 3.05) is 0 Å². The van der Waals surface area contributed by atoms with Crippen molar-refractivity contribution in [2.45, 2.75) is 0 Å². The van der Waals surface area contributed by atoms with Crippen molar-refractivity contribution in [2.24, 2.45) is 0 Å². The highest BCUT2D eigenvalue weighted by atomic mass is 35.5. The first-order chi connectivity index (χ1) is 9.97. The SMILES string of the molecule is O=C(O)C=CC(=O)c1ccc(-c2ccc(Cl)c(Cl)c2)cc1. The zero-order chi connectivity index (χ0) is 15.4. The highest BCUT2D eigenvalue weighted by Gasteiger charge is 2.05. The molecule has 0 spiro atoms. The first kappa shape index (κ1) is 15.3. The van der Waals surface area contributed by atoms with Gasteiger partial charge in [-0.3, -0.25) is 4.79 Å². The number of halogens is 2. The van der Waals surface area contributed by atoms with Crippen molar-refractivity contribution < 1.29 is 14.7 Å². The van der Waals surface area contributed by atoms with Crippen LogP contribution in [0.15, 0.2) is 54.6 Å². The third-order valence-corrected chi connectivity index (χ3v) is 3.54. The lowest BCUT2D eigenvalue weighted by Crippen LogP contribution is -1.96. The monoisotopic (exact) mass is 320 g/mol. The summed E-state index contributed by atoms with van der Waals surface area (Å²) < 4.78 is 0. The molecule has 21 heavy (non-hydrogen) atoms. The van der Waals surface area contributed by atoms with Crippen molar-refractivity contribution in [3.05, 3.63) is 70.2 Å². The summed E-state index contributed by atoms with van der Waals surface area (Å²) in [7, 11) is 0. The van der Waals surface area contributed by atoms with Crippen molar-refractivity contribution in [3.63, 3.8) is 0 Å². The number of aliphatic carboxylic acids is 1. The average Bonchev–Trinajstić information content (AvgIpc) is 2.48. The molecule has 2 aromatic carbocycles. The molecule has 106 valence electrons. The van der Waals surface area contributed by atoms with E-state index in [4.69, 9.17) is 28.3 Å². The summed E-state index contributed by atoms with van der Waals surface area (Å²) in [5, 5.41) is 9.42. The molecule has 0 aromatic heterocycles. The minimum atomic E-state index is -1.16. The fraction of sp³-hybridized carbons (Fsp3) is 0. The van der Waals surface area contributed by atoms with Crippen LogP contribution in [-0.2, 0) is 4.79 Å². The van der Waals surface area contributed by atoms with E-state index in [0.29, 0.717) is 15.6 Å². The molecule has 0 fully saturated rings. The minimum absolute atomic E-state index is 0.363. The van der Waals surface area contributed by atoms with Crippen molar-refractivity contribution in [1.29, 1.82) is 0 Å². The first-order valence-corrected chi connectivity index (χ1v) is 6.74. The number of hydrogen-bond acceptors (Lipinski definition) is 2. The third kappa shape index (κ3) is 3.94. The third-order valence-electron chi connectivity index (χ3n) is 2.80. The topological polar surface area (TPSA) is 54.4 Å². The second kappa shape index (κ2) is 6.57. The number of carbonyl (C=O) groups is 2. The molecule has 1 N–H and O–H groups in total. The number of carboxylic acids is 1. The van der Waals surface area contributed by atoms with E-state index in [-0.39, 0.29) is 5.78 Å². The minimum Gasteiger partial charge on any atom is -0.478 e. The van der Waals surface area contributed by atoms with Gasteiger partial charge >= 0.3 is 5.97 Å². The maximum absolute atomic E-state index is 11.7. The normalized spacial score (nSPS) is 10.8.